The Morgan fingerprint density at radius 2 is 1.89 bits per heavy atom. The lowest BCUT2D eigenvalue weighted by atomic mass is 9.70. The van der Waals surface area contributed by atoms with Crippen LogP contribution in [-0.4, -0.2) is 10.2 Å². The molecule has 2 nitrogen and oxygen atoms in total. The fourth-order valence-electron chi connectivity index (χ4n) is 4.24. The highest BCUT2D eigenvalue weighted by Gasteiger charge is 2.60. The molecular weight excluding hydrogens is 232 g/mol. The van der Waals surface area contributed by atoms with Gasteiger partial charge in [0.05, 0.1) is 11.4 Å². The maximum absolute atomic E-state index is 4.64. The second-order valence-electron chi connectivity index (χ2n) is 8.52. The summed E-state index contributed by atoms with van der Waals surface area (Å²) in [5.74, 6) is 0.682. The van der Waals surface area contributed by atoms with E-state index in [0.29, 0.717) is 11.3 Å². The number of nitrogens with zero attached hydrogens (tertiary/aromatic N) is 2. The van der Waals surface area contributed by atoms with Crippen LogP contribution in [0, 0.1) is 10.8 Å². The molecule has 3 rings (SSSR count). The SMILES string of the molecule is CC(C)(C)Cc1cc2c(nn1)[C@]1(C)CC[C@H]2C1(C)C. The van der Waals surface area contributed by atoms with E-state index in [1.165, 1.54) is 29.8 Å². The first-order chi connectivity index (χ1) is 8.65. The third-order valence-corrected chi connectivity index (χ3v) is 5.71. The molecule has 2 atom stereocenters. The first-order valence-corrected chi connectivity index (χ1v) is 7.52. The van der Waals surface area contributed by atoms with Crippen molar-refractivity contribution in [2.75, 3.05) is 0 Å². The smallest absolute Gasteiger partial charge is 0.0730 e. The Bertz CT molecular complexity index is 525. The average molecular weight is 258 g/mol. The lowest BCUT2D eigenvalue weighted by Gasteiger charge is -2.33. The summed E-state index contributed by atoms with van der Waals surface area (Å²) in [5, 5.41) is 9.16. The molecule has 0 spiro atoms. The Morgan fingerprint density at radius 1 is 1.21 bits per heavy atom. The van der Waals surface area contributed by atoms with Crippen LogP contribution in [0.25, 0.3) is 0 Å². The minimum Gasteiger partial charge on any atom is -0.155 e. The molecule has 0 radical (unpaired) electrons. The molecule has 1 fully saturated rings. The first-order valence-electron chi connectivity index (χ1n) is 7.52. The molecule has 2 bridgehead atoms. The monoisotopic (exact) mass is 258 g/mol. The number of hydrogen-bond acceptors (Lipinski definition) is 2. The van der Waals surface area contributed by atoms with Crippen molar-refractivity contribution >= 4 is 0 Å². The van der Waals surface area contributed by atoms with Crippen molar-refractivity contribution in [3.05, 3.63) is 23.0 Å². The Balaban J connectivity index is 2.04. The van der Waals surface area contributed by atoms with Crippen molar-refractivity contribution in [2.45, 2.75) is 72.1 Å². The molecule has 2 aliphatic rings. The summed E-state index contributed by atoms with van der Waals surface area (Å²) in [6, 6.07) is 2.35. The molecule has 0 aliphatic heterocycles. The van der Waals surface area contributed by atoms with Gasteiger partial charge in [-0.25, -0.2) is 0 Å². The fourth-order valence-corrected chi connectivity index (χ4v) is 4.24. The van der Waals surface area contributed by atoms with Crippen LogP contribution in [0.1, 0.15) is 77.3 Å². The molecule has 0 N–H and O–H groups in total. The molecule has 19 heavy (non-hydrogen) atoms. The van der Waals surface area contributed by atoms with Crippen molar-refractivity contribution in [1.82, 2.24) is 10.2 Å². The van der Waals surface area contributed by atoms with Crippen molar-refractivity contribution in [3.8, 4) is 0 Å². The van der Waals surface area contributed by atoms with Crippen molar-refractivity contribution in [2.24, 2.45) is 10.8 Å². The standard InChI is InChI=1S/C17H26N2/c1-15(2,3)10-11-9-12-13-7-8-17(6,16(13,4)5)14(12)19-18-11/h9,13H,7-8,10H2,1-6H3/t13-,17+/m1/s1. The summed E-state index contributed by atoms with van der Waals surface area (Å²) in [6.07, 6.45) is 3.60. The second-order valence-corrected chi connectivity index (χ2v) is 8.52. The Morgan fingerprint density at radius 3 is 2.53 bits per heavy atom. The van der Waals surface area contributed by atoms with Gasteiger partial charge in [-0.1, -0.05) is 41.5 Å². The quantitative estimate of drug-likeness (QED) is 0.753. The van der Waals surface area contributed by atoms with Gasteiger partial charge in [-0.05, 0) is 47.6 Å². The van der Waals surface area contributed by atoms with Gasteiger partial charge in [-0.15, -0.1) is 0 Å². The van der Waals surface area contributed by atoms with Crippen LogP contribution < -0.4 is 0 Å². The van der Waals surface area contributed by atoms with Crippen LogP contribution in [0.15, 0.2) is 6.07 Å². The molecule has 0 amide bonds. The van der Waals surface area contributed by atoms with E-state index in [1.807, 2.05) is 0 Å². The number of aromatic nitrogens is 2. The zero-order valence-electron chi connectivity index (χ0n) is 13.2. The van der Waals surface area contributed by atoms with Crippen molar-refractivity contribution in [3.63, 3.8) is 0 Å². The van der Waals surface area contributed by atoms with Crippen LogP contribution in [0.4, 0.5) is 0 Å². The van der Waals surface area contributed by atoms with Gasteiger partial charge in [-0.3, -0.25) is 0 Å². The molecule has 1 heterocycles. The minimum atomic E-state index is 0.236. The molecule has 104 valence electrons. The summed E-state index contributed by atoms with van der Waals surface area (Å²) in [5.41, 5.74) is 4.79. The average Bonchev–Trinajstić information content (AvgIpc) is 2.57. The van der Waals surface area contributed by atoms with Crippen LogP contribution in [0.2, 0.25) is 0 Å². The maximum Gasteiger partial charge on any atom is 0.0730 e. The van der Waals surface area contributed by atoms with Gasteiger partial charge in [0, 0.05) is 5.41 Å². The van der Waals surface area contributed by atoms with E-state index in [1.54, 1.807) is 0 Å². The van der Waals surface area contributed by atoms with E-state index in [4.69, 9.17) is 0 Å². The summed E-state index contributed by atoms with van der Waals surface area (Å²) >= 11 is 0. The molecule has 2 aliphatic carbocycles. The van der Waals surface area contributed by atoms with Gasteiger partial charge >= 0.3 is 0 Å². The lowest BCUT2D eigenvalue weighted by molar-refractivity contribution is 0.226. The van der Waals surface area contributed by atoms with Crippen LogP contribution in [-0.2, 0) is 11.8 Å². The van der Waals surface area contributed by atoms with Crippen LogP contribution in [0.5, 0.6) is 0 Å². The predicted octanol–water partition coefficient (Wildman–Crippen LogP) is 4.24. The third-order valence-electron chi connectivity index (χ3n) is 5.71. The predicted molar refractivity (Wildman–Crippen MR) is 78.3 cm³/mol. The normalized spacial score (nSPS) is 31.6. The van der Waals surface area contributed by atoms with E-state index in [9.17, 15) is 0 Å². The highest BCUT2D eigenvalue weighted by molar-refractivity contribution is 5.45. The van der Waals surface area contributed by atoms with Crippen LogP contribution in [0.3, 0.4) is 0 Å². The molecule has 1 aromatic rings. The zero-order chi connectivity index (χ0) is 14.1. The maximum atomic E-state index is 4.64. The molecular formula is C17H26N2. The molecule has 0 aromatic carbocycles. The molecule has 1 aromatic heterocycles. The number of rotatable bonds is 1. The summed E-state index contributed by atoms with van der Waals surface area (Å²) < 4.78 is 0. The lowest BCUT2D eigenvalue weighted by Crippen LogP contribution is -2.32. The van der Waals surface area contributed by atoms with Gasteiger partial charge in [0.15, 0.2) is 0 Å². The van der Waals surface area contributed by atoms with Crippen molar-refractivity contribution in [1.29, 1.82) is 0 Å². The van der Waals surface area contributed by atoms with Gasteiger partial charge < -0.3 is 0 Å². The third kappa shape index (κ3) is 1.68. The fraction of sp³-hybridized carbons (Fsp3) is 0.765. The van der Waals surface area contributed by atoms with E-state index in [2.05, 4.69) is 57.8 Å². The summed E-state index contributed by atoms with van der Waals surface area (Å²) in [7, 11) is 0. The second kappa shape index (κ2) is 3.59. The Hall–Kier alpha value is -0.920. The zero-order valence-corrected chi connectivity index (χ0v) is 13.2. The Labute approximate surface area is 117 Å². The van der Waals surface area contributed by atoms with E-state index < -0.39 is 0 Å². The number of fused-ring (bicyclic) bond motifs is 5. The molecule has 2 heteroatoms. The van der Waals surface area contributed by atoms with Gasteiger partial charge in [-0.2, -0.15) is 10.2 Å². The largest absolute Gasteiger partial charge is 0.155 e. The molecule has 0 saturated heterocycles. The first kappa shape index (κ1) is 13.1. The van der Waals surface area contributed by atoms with Crippen molar-refractivity contribution < 1.29 is 0 Å². The van der Waals surface area contributed by atoms with Gasteiger partial charge in [0.2, 0.25) is 0 Å². The van der Waals surface area contributed by atoms with Gasteiger partial charge in [0.1, 0.15) is 0 Å². The number of hydrogen-bond donors (Lipinski definition) is 0. The van der Waals surface area contributed by atoms with E-state index in [-0.39, 0.29) is 10.8 Å². The van der Waals surface area contributed by atoms with Crippen LogP contribution >= 0.6 is 0 Å². The molecule has 1 saturated carbocycles. The summed E-state index contributed by atoms with van der Waals surface area (Å²) in [6.45, 7) is 14.0. The summed E-state index contributed by atoms with van der Waals surface area (Å²) in [4.78, 5) is 0. The topological polar surface area (TPSA) is 25.8 Å². The molecule has 0 unspecified atom stereocenters. The highest BCUT2D eigenvalue weighted by Crippen LogP contribution is 2.66. The highest BCUT2D eigenvalue weighted by atomic mass is 15.1. The van der Waals surface area contributed by atoms with E-state index in [0.717, 1.165) is 6.42 Å². The Kier molecular flexibility index (Phi) is 2.47. The minimum absolute atomic E-state index is 0.236. The van der Waals surface area contributed by atoms with Gasteiger partial charge in [0.25, 0.3) is 0 Å². The van der Waals surface area contributed by atoms with E-state index >= 15 is 0 Å².